The van der Waals surface area contributed by atoms with E-state index in [1.165, 1.54) is 16.7 Å². The van der Waals surface area contributed by atoms with Gasteiger partial charge >= 0.3 is 0 Å². The molecule has 4 aromatic carbocycles. The maximum Gasteiger partial charge on any atom is 0.115 e. The quantitative estimate of drug-likeness (QED) is 0.233. The molecule has 1 aliphatic rings. The molecule has 0 saturated carbocycles. The molecular formula is C33H32N4S. The first-order valence-corrected chi connectivity index (χ1v) is 14.2. The zero-order chi connectivity index (χ0) is 25.8. The van der Waals surface area contributed by atoms with E-state index in [4.69, 9.17) is 0 Å². The van der Waals surface area contributed by atoms with Crippen LogP contribution in [0.1, 0.15) is 28.8 Å². The molecule has 0 aliphatic carbocycles. The molecule has 1 aliphatic heterocycles. The second-order valence-electron chi connectivity index (χ2n) is 9.93. The van der Waals surface area contributed by atoms with Crippen LogP contribution in [0.4, 0.5) is 0 Å². The third-order valence-corrected chi connectivity index (χ3v) is 9.24. The molecule has 4 nitrogen and oxygen atoms in total. The van der Waals surface area contributed by atoms with E-state index in [2.05, 4.69) is 142 Å². The van der Waals surface area contributed by atoms with Crippen molar-refractivity contribution in [2.24, 2.45) is 0 Å². The van der Waals surface area contributed by atoms with Crippen molar-refractivity contribution in [1.29, 1.82) is 0 Å². The van der Waals surface area contributed by atoms with E-state index in [9.17, 15) is 0 Å². The fourth-order valence-electron chi connectivity index (χ4n) is 5.59. The van der Waals surface area contributed by atoms with E-state index in [0.29, 0.717) is 11.3 Å². The Balaban J connectivity index is 1.28. The van der Waals surface area contributed by atoms with Crippen LogP contribution in [-0.4, -0.2) is 32.8 Å². The van der Waals surface area contributed by atoms with Gasteiger partial charge in [-0.2, -0.15) is 0 Å². The minimum absolute atomic E-state index is 0.297. The third-order valence-electron chi connectivity index (χ3n) is 7.49. The lowest BCUT2D eigenvalue weighted by Gasteiger charge is -2.37. The van der Waals surface area contributed by atoms with Crippen molar-refractivity contribution in [3.05, 3.63) is 144 Å². The minimum Gasteiger partial charge on any atom is -0.311 e. The molecule has 190 valence electrons. The number of nitrogens with zero attached hydrogens (tertiary/aromatic N) is 3. The average Bonchev–Trinajstić information content (AvgIpc) is 3.59. The van der Waals surface area contributed by atoms with Gasteiger partial charge in [0.25, 0.3) is 0 Å². The Morgan fingerprint density at radius 3 is 1.79 bits per heavy atom. The highest BCUT2D eigenvalue weighted by atomic mass is 32.2. The van der Waals surface area contributed by atoms with Gasteiger partial charge in [0.05, 0.1) is 17.0 Å². The predicted octanol–water partition coefficient (Wildman–Crippen LogP) is 6.71. The lowest BCUT2D eigenvalue weighted by Crippen LogP contribution is -2.29. The summed E-state index contributed by atoms with van der Waals surface area (Å²) in [5.41, 5.74) is 7.12. The molecule has 0 radical (unpaired) electrons. The Kier molecular flexibility index (Phi) is 7.12. The Bertz CT molecular complexity index is 1360. The normalized spacial score (nSPS) is 17.5. The highest BCUT2D eigenvalue weighted by Gasteiger charge is 2.41. The number of benzene rings is 4. The van der Waals surface area contributed by atoms with Crippen LogP contribution in [0, 0.1) is 6.92 Å². The van der Waals surface area contributed by atoms with Gasteiger partial charge in [0.15, 0.2) is 0 Å². The summed E-state index contributed by atoms with van der Waals surface area (Å²) in [7, 11) is 0. The molecule has 2 atom stereocenters. The standard InChI is InChI=1S/C33H32N4S/c1-25-32(26-14-6-2-7-15-26)35-36-37(25)24-30-22-31(23-34-30)38-33(27-16-8-3-9-17-27,28-18-10-4-11-19-28)29-20-12-5-13-21-29/h2-21,30-31,34H,22-24H2,1H3/t30-,31+/m0/s1. The molecule has 0 amide bonds. The zero-order valence-corrected chi connectivity index (χ0v) is 22.4. The number of hydrogen-bond donors (Lipinski definition) is 1. The fraction of sp³-hybridized carbons (Fsp3) is 0.212. The Morgan fingerprint density at radius 1 is 0.763 bits per heavy atom. The molecule has 6 rings (SSSR count). The largest absolute Gasteiger partial charge is 0.311 e. The van der Waals surface area contributed by atoms with Crippen LogP contribution in [0.15, 0.2) is 121 Å². The van der Waals surface area contributed by atoms with Crippen LogP contribution >= 0.6 is 11.8 Å². The van der Waals surface area contributed by atoms with Crippen molar-refractivity contribution in [1.82, 2.24) is 20.3 Å². The van der Waals surface area contributed by atoms with Crippen LogP contribution in [-0.2, 0) is 11.3 Å². The third kappa shape index (κ3) is 4.80. The highest BCUT2D eigenvalue weighted by molar-refractivity contribution is 8.01. The molecular weight excluding hydrogens is 484 g/mol. The molecule has 1 aromatic heterocycles. The van der Waals surface area contributed by atoms with E-state index in [-0.39, 0.29) is 4.75 Å². The number of aromatic nitrogens is 3. The average molecular weight is 517 g/mol. The van der Waals surface area contributed by atoms with Crippen LogP contribution < -0.4 is 5.32 Å². The smallest absolute Gasteiger partial charge is 0.115 e. The predicted molar refractivity (Wildman–Crippen MR) is 157 cm³/mol. The maximum absolute atomic E-state index is 4.52. The van der Waals surface area contributed by atoms with Gasteiger partial charge in [-0.3, -0.25) is 0 Å². The number of rotatable bonds is 8. The molecule has 38 heavy (non-hydrogen) atoms. The van der Waals surface area contributed by atoms with Gasteiger partial charge < -0.3 is 5.32 Å². The minimum atomic E-state index is -0.297. The van der Waals surface area contributed by atoms with E-state index in [1.807, 2.05) is 18.2 Å². The molecule has 0 unspecified atom stereocenters. The number of thioether (sulfide) groups is 1. The van der Waals surface area contributed by atoms with E-state index < -0.39 is 0 Å². The topological polar surface area (TPSA) is 42.7 Å². The Labute approximate surface area is 229 Å². The Morgan fingerprint density at radius 2 is 1.26 bits per heavy atom. The van der Waals surface area contributed by atoms with Crippen molar-refractivity contribution in [2.45, 2.75) is 35.9 Å². The molecule has 1 fully saturated rings. The van der Waals surface area contributed by atoms with Crippen molar-refractivity contribution in [3.63, 3.8) is 0 Å². The van der Waals surface area contributed by atoms with Gasteiger partial charge in [-0.1, -0.05) is 127 Å². The molecule has 5 aromatic rings. The molecule has 0 bridgehead atoms. The van der Waals surface area contributed by atoms with Gasteiger partial charge in [0.1, 0.15) is 5.69 Å². The van der Waals surface area contributed by atoms with Crippen molar-refractivity contribution < 1.29 is 0 Å². The summed E-state index contributed by atoms with van der Waals surface area (Å²) in [6.07, 6.45) is 1.07. The molecule has 2 heterocycles. The summed E-state index contributed by atoms with van der Waals surface area (Å²) in [5, 5.41) is 13.3. The summed E-state index contributed by atoms with van der Waals surface area (Å²) < 4.78 is 1.76. The summed E-state index contributed by atoms with van der Waals surface area (Å²) in [6, 6.07) is 43.6. The second-order valence-corrected chi connectivity index (χ2v) is 11.4. The van der Waals surface area contributed by atoms with Gasteiger partial charge in [0.2, 0.25) is 0 Å². The van der Waals surface area contributed by atoms with Crippen molar-refractivity contribution >= 4 is 11.8 Å². The Hall–Kier alpha value is -3.67. The number of nitrogens with one attached hydrogen (secondary N) is 1. The lowest BCUT2D eigenvalue weighted by molar-refractivity contribution is 0.460. The first-order chi connectivity index (χ1) is 18.7. The SMILES string of the molecule is Cc1c(-c2ccccc2)nnn1C[C@@H]1C[C@@H](SC(c2ccccc2)(c2ccccc2)c2ccccc2)CN1. The van der Waals surface area contributed by atoms with E-state index in [0.717, 1.165) is 36.5 Å². The summed E-state index contributed by atoms with van der Waals surface area (Å²) in [4.78, 5) is 0. The highest BCUT2D eigenvalue weighted by Crippen LogP contribution is 2.51. The van der Waals surface area contributed by atoms with Crippen molar-refractivity contribution in [2.75, 3.05) is 6.54 Å². The van der Waals surface area contributed by atoms with E-state index in [1.54, 1.807) is 0 Å². The van der Waals surface area contributed by atoms with Crippen LogP contribution in [0.25, 0.3) is 11.3 Å². The van der Waals surface area contributed by atoms with Gasteiger partial charge in [-0.05, 0) is 30.0 Å². The van der Waals surface area contributed by atoms with Gasteiger partial charge in [-0.15, -0.1) is 16.9 Å². The first-order valence-electron chi connectivity index (χ1n) is 13.3. The molecule has 1 saturated heterocycles. The van der Waals surface area contributed by atoms with Crippen LogP contribution in [0.2, 0.25) is 0 Å². The van der Waals surface area contributed by atoms with Gasteiger partial charge in [0, 0.05) is 23.4 Å². The van der Waals surface area contributed by atoms with Crippen LogP contribution in [0.5, 0.6) is 0 Å². The summed E-state index contributed by atoms with van der Waals surface area (Å²) in [5.74, 6) is 0. The number of hydrogen-bond acceptors (Lipinski definition) is 4. The molecule has 1 N–H and O–H groups in total. The molecule has 0 spiro atoms. The van der Waals surface area contributed by atoms with Gasteiger partial charge in [-0.25, -0.2) is 4.68 Å². The summed E-state index contributed by atoms with van der Waals surface area (Å²) in [6.45, 7) is 3.90. The monoisotopic (exact) mass is 516 g/mol. The van der Waals surface area contributed by atoms with Crippen LogP contribution in [0.3, 0.4) is 0 Å². The summed E-state index contributed by atoms with van der Waals surface area (Å²) >= 11 is 2.07. The first kappa shape index (κ1) is 24.7. The second kappa shape index (κ2) is 11.0. The molecule has 5 heteroatoms. The van der Waals surface area contributed by atoms with Crippen molar-refractivity contribution in [3.8, 4) is 11.3 Å². The zero-order valence-electron chi connectivity index (χ0n) is 21.6. The van der Waals surface area contributed by atoms with E-state index >= 15 is 0 Å². The lowest BCUT2D eigenvalue weighted by atomic mass is 9.84. The fourth-order valence-corrected chi connectivity index (χ4v) is 7.41. The maximum atomic E-state index is 4.52.